The fraction of sp³-hybridized carbons (Fsp3) is 0.609. The summed E-state index contributed by atoms with van der Waals surface area (Å²) in [5.41, 5.74) is 2.82. The molecule has 3 rings (SSSR count). The Morgan fingerprint density at radius 2 is 0.556 bits per heavy atom. The predicted molar refractivity (Wildman–Crippen MR) is 329 cm³/mol. The van der Waals surface area contributed by atoms with E-state index in [0.29, 0.717) is 33.0 Å². The molecule has 0 heterocycles. The summed E-state index contributed by atoms with van der Waals surface area (Å²) >= 11 is 0. The van der Waals surface area contributed by atoms with Gasteiger partial charge in [0.15, 0.2) is 0 Å². The number of rotatable bonds is 53. The van der Waals surface area contributed by atoms with Gasteiger partial charge in [-0.2, -0.15) is 0 Å². The monoisotopic (exact) mass is 1120 g/mol. The van der Waals surface area contributed by atoms with Crippen LogP contribution in [0.5, 0.6) is 17.2 Å². The van der Waals surface area contributed by atoms with Gasteiger partial charge in [0.25, 0.3) is 0 Å². The van der Waals surface area contributed by atoms with E-state index < -0.39 is 0 Å². The molecule has 3 aromatic carbocycles. The smallest absolute Gasteiger partial charge is 0.330 e. The SMILES string of the molecule is CCOC(=O)/C=C/c1ccc(OCCCCCCCCCCCOCC(COCCCCCCCCCCCOc2ccc(/C=C/C(=O)OCC)cc2)OCCCCCCCCCCCOc2ccc(/C=C/C(=O)OCC)cc2)cc1. The van der Waals surface area contributed by atoms with Crippen LogP contribution in [0.2, 0.25) is 0 Å². The van der Waals surface area contributed by atoms with Gasteiger partial charge in [-0.15, -0.1) is 0 Å². The van der Waals surface area contributed by atoms with Gasteiger partial charge in [-0.25, -0.2) is 14.4 Å². The molecule has 12 nitrogen and oxygen atoms in total. The van der Waals surface area contributed by atoms with Gasteiger partial charge < -0.3 is 42.6 Å². The highest BCUT2D eigenvalue weighted by molar-refractivity contribution is 5.88. The van der Waals surface area contributed by atoms with E-state index in [1.165, 1.54) is 153 Å². The second kappa shape index (κ2) is 50.3. The largest absolute Gasteiger partial charge is 0.494 e. The van der Waals surface area contributed by atoms with Crippen molar-refractivity contribution in [2.45, 2.75) is 200 Å². The van der Waals surface area contributed by atoms with Crippen molar-refractivity contribution >= 4 is 36.1 Å². The molecule has 12 heteroatoms. The summed E-state index contributed by atoms with van der Waals surface area (Å²) < 4.78 is 51.3. The maximum Gasteiger partial charge on any atom is 0.330 e. The highest BCUT2D eigenvalue weighted by atomic mass is 16.6. The predicted octanol–water partition coefficient (Wildman–Crippen LogP) is 16.9. The lowest BCUT2D eigenvalue weighted by atomic mass is 10.1. The minimum Gasteiger partial charge on any atom is -0.494 e. The number of hydrogen-bond acceptors (Lipinski definition) is 12. The molecule has 0 bridgehead atoms. The molecule has 0 saturated heterocycles. The molecule has 0 saturated carbocycles. The Balaban J connectivity index is 1.19. The summed E-state index contributed by atoms with van der Waals surface area (Å²) in [7, 11) is 0. The van der Waals surface area contributed by atoms with Crippen molar-refractivity contribution < 1.29 is 57.0 Å². The maximum atomic E-state index is 11.5. The van der Waals surface area contributed by atoms with Crippen LogP contribution in [0.3, 0.4) is 0 Å². The average Bonchev–Trinajstić information content (AvgIpc) is 3.47. The number of benzene rings is 3. The first-order valence-electron chi connectivity index (χ1n) is 31.4. The van der Waals surface area contributed by atoms with Crippen LogP contribution in [0.1, 0.15) is 211 Å². The zero-order valence-electron chi connectivity index (χ0n) is 50.2. The molecule has 0 atom stereocenters. The molecule has 452 valence electrons. The number of esters is 3. The molecule has 0 fully saturated rings. The molecule has 0 aromatic heterocycles. The Bertz CT molecular complexity index is 1960. The van der Waals surface area contributed by atoms with E-state index in [9.17, 15) is 14.4 Å². The number of hydrogen-bond donors (Lipinski definition) is 0. The molecular weight excluding hydrogens is 1020 g/mol. The van der Waals surface area contributed by atoms with Gasteiger partial charge in [-0.3, -0.25) is 0 Å². The summed E-state index contributed by atoms with van der Waals surface area (Å²) in [6.07, 6.45) is 42.0. The lowest BCUT2D eigenvalue weighted by molar-refractivity contribution is -0.138. The van der Waals surface area contributed by atoms with Crippen LogP contribution >= 0.6 is 0 Å². The van der Waals surface area contributed by atoms with Gasteiger partial charge in [-0.05, 0) is 131 Å². The molecule has 0 unspecified atom stereocenters. The van der Waals surface area contributed by atoms with E-state index in [0.717, 1.165) is 112 Å². The van der Waals surface area contributed by atoms with Gasteiger partial charge in [0.1, 0.15) is 23.4 Å². The summed E-state index contributed by atoms with van der Waals surface area (Å²) in [5.74, 6) is 1.58. The van der Waals surface area contributed by atoms with E-state index in [1.54, 1.807) is 39.0 Å². The number of ether oxygens (including phenoxy) is 9. The minimum atomic E-state index is -0.330. The van der Waals surface area contributed by atoms with Crippen molar-refractivity contribution in [3.8, 4) is 17.2 Å². The Labute approximate surface area is 489 Å². The van der Waals surface area contributed by atoms with Crippen LogP contribution < -0.4 is 14.2 Å². The highest BCUT2D eigenvalue weighted by Gasteiger charge is 2.11. The first kappa shape index (κ1) is 69.8. The van der Waals surface area contributed by atoms with E-state index in [1.807, 2.05) is 72.8 Å². The summed E-state index contributed by atoms with van der Waals surface area (Å²) in [6.45, 7) is 12.2. The topological polar surface area (TPSA) is 134 Å². The van der Waals surface area contributed by atoms with E-state index in [-0.39, 0.29) is 24.0 Å². The van der Waals surface area contributed by atoms with Gasteiger partial charge in [0.05, 0.1) is 52.9 Å². The van der Waals surface area contributed by atoms with Crippen molar-refractivity contribution in [1.29, 1.82) is 0 Å². The fourth-order valence-corrected chi connectivity index (χ4v) is 9.01. The molecule has 0 aliphatic rings. The molecule has 81 heavy (non-hydrogen) atoms. The third-order valence-electron chi connectivity index (χ3n) is 13.7. The van der Waals surface area contributed by atoms with Crippen LogP contribution in [0.4, 0.5) is 0 Å². The van der Waals surface area contributed by atoms with Crippen LogP contribution in [0, 0.1) is 0 Å². The second-order valence-electron chi connectivity index (χ2n) is 20.7. The molecule has 3 aromatic rings. The fourth-order valence-electron chi connectivity index (χ4n) is 9.01. The first-order valence-corrected chi connectivity index (χ1v) is 31.4. The molecule has 0 spiro atoms. The average molecular weight is 1130 g/mol. The van der Waals surface area contributed by atoms with E-state index >= 15 is 0 Å². The van der Waals surface area contributed by atoms with E-state index in [4.69, 9.17) is 42.6 Å². The zero-order chi connectivity index (χ0) is 57.7. The quantitative estimate of drug-likeness (QED) is 0.0230. The van der Waals surface area contributed by atoms with Crippen LogP contribution in [-0.4, -0.2) is 96.7 Å². The summed E-state index contributed by atoms with van der Waals surface area (Å²) in [5, 5.41) is 0. The molecular formula is C69H104O12. The van der Waals surface area contributed by atoms with Crippen molar-refractivity contribution in [3.63, 3.8) is 0 Å². The summed E-state index contributed by atoms with van der Waals surface area (Å²) in [4.78, 5) is 34.6. The van der Waals surface area contributed by atoms with Crippen LogP contribution in [0.25, 0.3) is 18.2 Å². The van der Waals surface area contributed by atoms with Gasteiger partial charge >= 0.3 is 17.9 Å². The highest BCUT2D eigenvalue weighted by Crippen LogP contribution is 2.19. The third-order valence-corrected chi connectivity index (χ3v) is 13.7. The third kappa shape index (κ3) is 40.4. The second-order valence-corrected chi connectivity index (χ2v) is 20.7. The zero-order valence-corrected chi connectivity index (χ0v) is 50.2. The normalized spacial score (nSPS) is 11.6. The van der Waals surface area contributed by atoms with Gasteiger partial charge in [0.2, 0.25) is 0 Å². The number of unbranched alkanes of at least 4 members (excludes halogenated alkanes) is 24. The number of carbonyl (C=O) groups is 3. The van der Waals surface area contributed by atoms with Crippen LogP contribution in [0.15, 0.2) is 91.0 Å². The van der Waals surface area contributed by atoms with Crippen LogP contribution in [-0.2, 0) is 42.8 Å². The van der Waals surface area contributed by atoms with Gasteiger partial charge in [-0.1, -0.05) is 171 Å². The Morgan fingerprint density at radius 3 is 0.815 bits per heavy atom. The van der Waals surface area contributed by atoms with Crippen molar-refractivity contribution in [2.75, 3.05) is 72.7 Å². The maximum absolute atomic E-state index is 11.5. The van der Waals surface area contributed by atoms with E-state index in [2.05, 4.69) is 0 Å². The van der Waals surface area contributed by atoms with Crippen molar-refractivity contribution in [2.24, 2.45) is 0 Å². The Hall–Kier alpha value is -5.43. The summed E-state index contributed by atoms with van der Waals surface area (Å²) in [6, 6.07) is 23.4. The minimum absolute atomic E-state index is 0.0248. The molecule has 0 aliphatic carbocycles. The van der Waals surface area contributed by atoms with Gasteiger partial charge in [0, 0.05) is 38.0 Å². The lowest BCUT2D eigenvalue weighted by Gasteiger charge is -2.18. The number of carbonyl (C=O) groups excluding carboxylic acids is 3. The Morgan fingerprint density at radius 1 is 0.321 bits per heavy atom. The first-order chi connectivity index (χ1) is 39.9. The Kier molecular flexibility index (Phi) is 43.4. The van der Waals surface area contributed by atoms with Crippen molar-refractivity contribution in [3.05, 3.63) is 108 Å². The molecule has 0 radical (unpaired) electrons. The molecule has 0 aliphatic heterocycles. The molecule has 0 N–H and O–H groups in total. The van der Waals surface area contributed by atoms with Crippen molar-refractivity contribution in [1.82, 2.24) is 0 Å². The lowest BCUT2D eigenvalue weighted by Crippen LogP contribution is -2.26. The molecule has 0 amide bonds. The standard InChI is InChI=1S/C69H104O12/c1-4-75-67(70)49-40-60-34-43-63(44-35-60)78-54-30-24-18-12-7-10-16-22-28-52-73-58-66(81-57-33-27-21-15-9-14-20-26-32-56-80-65-47-38-62(39-48-65)42-51-69(72)77-6-3)59-74-53-29-23-17-11-8-13-19-25-31-55-79-64-45-36-61(37-46-64)41-50-68(71)76-5-2/h34-51,66H,4-33,52-59H2,1-3H3/b49-40+,50-41+,51-42+.